The molecule has 5 nitrogen and oxygen atoms in total. The highest BCUT2D eigenvalue weighted by Gasteiger charge is 2.00. The number of nitrogens with one attached hydrogen (secondary N) is 2. The number of aryl methyl sites for hydroxylation is 1. The maximum atomic E-state index is 5.58. The summed E-state index contributed by atoms with van der Waals surface area (Å²) in [4.78, 5) is 4.66. The first kappa shape index (κ1) is 19.8. The number of methoxy groups -OCH3 is 1. The summed E-state index contributed by atoms with van der Waals surface area (Å²) in [5.74, 6) is 1.66. The average molecular weight is 355 g/mol. The molecule has 2 aromatic rings. The molecule has 0 atom stereocenters. The maximum Gasteiger partial charge on any atom is 0.191 e. The summed E-state index contributed by atoms with van der Waals surface area (Å²) >= 11 is 0. The average Bonchev–Trinajstić information content (AvgIpc) is 2.66. The lowest BCUT2D eigenvalue weighted by molar-refractivity contribution is 0.146. The van der Waals surface area contributed by atoms with E-state index >= 15 is 0 Å². The lowest BCUT2D eigenvalue weighted by Crippen LogP contribution is -2.36. The third-order valence-electron chi connectivity index (χ3n) is 3.82. The molecule has 0 spiro atoms. The number of hydrogen-bond donors (Lipinski definition) is 2. The van der Waals surface area contributed by atoms with Crippen LogP contribution in [-0.2, 0) is 17.8 Å². The number of rotatable bonds is 9. The monoisotopic (exact) mass is 355 g/mol. The van der Waals surface area contributed by atoms with Gasteiger partial charge in [-0.15, -0.1) is 0 Å². The summed E-state index contributed by atoms with van der Waals surface area (Å²) in [5, 5.41) is 6.65. The van der Waals surface area contributed by atoms with Gasteiger partial charge in [0, 0.05) is 20.2 Å². The van der Waals surface area contributed by atoms with Crippen molar-refractivity contribution in [1.29, 1.82) is 0 Å². The second-order valence-corrected chi connectivity index (χ2v) is 6.02. The minimum absolute atomic E-state index is 0.557. The molecule has 2 rings (SSSR count). The lowest BCUT2D eigenvalue weighted by atomic mass is 10.1. The van der Waals surface area contributed by atoms with Crippen LogP contribution in [0.15, 0.2) is 53.5 Å². The molecule has 2 aromatic carbocycles. The van der Waals surface area contributed by atoms with Gasteiger partial charge in [-0.1, -0.05) is 42.0 Å². The Morgan fingerprint density at radius 3 is 2.27 bits per heavy atom. The zero-order valence-corrected chi connectivity index (χ0v) is 15.9. The van der Waals surface area contributed by atoms with Crippen LogP contribution in [0.1, 0.15) is 23.6 Å². The van der Waals surface area contributed by atoms with Gasteiger partial charge in [-0.05, 0) is 37.1 Å². The zero-order chi connectivity index (χ0) is 18.6. The van der Waals surface area contributed by atoms with E-state index in [2.05, 4.69) is 53.7 Å². The van der Waals surface area contributed by atoms with Crippen LogP contribution in [0.4, 0.5) is 0 Å². The Bertz CT molecular complexity index is 667. The smallest absolute Gasteiger partial charge is 0.191 e. The van der Waals surface area contributed by atoms with Crippen molar-refractivity contribution in [1.82, 2.24) is 10.6 Å². The van der Waals surface area contributed by atoms with Crippen molar-refractivity contribution in [3.8, 4) is 5.75 Å². The molecule has 5 heteroatoms. The molecular formula is C21H29N3O2. The molecule has 0 bridgehead atoms. The molecule has 0 radical (unpaired) electrons. The molecular weight excluding hydrogens is 326 g/mol. The fourth-order valence-corrected chi connectivity index (χ4v) is 2.34. The van der Waals surface area contributed by atoms with E-state index in [4.69, 9.17) is 9.47 Å². The van der Waals surface area contributed by atoms with Gasteiger partial charge in [0.05, 0.1) is 13.2 Å². The molecule has 0 amide bonds. The third kappa shape index (κ3) is 7.15. The molecule has 0 aliphatic heterocycles. The van der Waals surface area contributed by atoms with Crippen LogP contribution in [-0.4, -0.2) is 32.8 Å². The van der Waals surface area contributed by atoms with E-state index in [1.165, 1.54) is 11.1 Å². The first-order chi connectivity index (χ1) is 12.7. The van der Waals surface area contributed by atoms with E-state index in [9.17, 15) is 0 Å². The first-order valence-electron chi connectivity index (χ1n) is 8.99. The summed E-state index contributed by atoms with van der Waals surface area (Å²) in [5.41, 5.74) is 3.64. The summed E-state index contributed by atoms with van der Waals surface area (Å²) < 4.78 is 10.6. The van der Waals surface area contributed by atoms with Gasteiger partial charge in [0.1, 0.15) is 12.4 Å². The van der Waals surface area contributed by atoms with E-state index in [0.717, 1.165) is 30.4 Å². The van der Waals surface area contributed by atoms with Crippen molar-refractivity contribution in [3.63, 3.8) is 0 Å². The second kappa shape index (κ2) is 11.2. The van der Waals surface area contributed by atoms with E-state index < -0.39 is 0 Å². The van der Waals surface area contributed by atoms with Gasteiger partial charge in [0.15, 0.2) is 5.96 Å². The fourth-order valence-electron chi connectivity index (χ4n) is 2.34. The van der Waals surface area contributed by atoms with Crippen LogP contribution in [0.5, 0.6) is 5.75 Å². The normalized spacial score (nSPS) is 11.3. The Balaban J connectivity index is 1.88. The van der Waals surface area contributed by atoms with E-state index in [1.54, 1.807) is 7.11 Å². The summed E-state index contributed by atoms with van der Waals surface area (Å²) in [6.07, 6.45) is 0. The van der Waals surface area contributed by atoms with Crippen LogP contribution < -0.4 is 15.4 Å². The minimum Gasteiger partial charge on any atom is -0.491 e. The first-order valence-corrected chi connectivity index (χ1v) is 8.99. The van der Waals surface area contributed by atoms with Crippen LogP contribution in [0, 0.1) is 6.92 Å². The molecule has 0 saturated heterocycles. The number of nitrogens with zero attached hydrogens (tertiary/aromatic N) is 1. The molecule has 0 fully saturated rings. The Morgan fingerprint density at radius 1 is 0.923 bits per heavy atom. The second-order valence-electron chi connectivity index (χ2n) is 6.02. The third-order valence-corrected chi connectivity index (χ3v) is 3.82. The van der Waals surface area contributed by atoms with E-state index in [1.807, 2.05) is 24.3 Å². The Hall–Kier alpha value is -2.53. The number of aliphatic imine (C=N–C) groups is 1. The Kier molecular flexibility index (Phi) is 8.49. The summed E-state index contributed by atoms with van der Waals surface area (Å²) in [6, 6.07) is 16.5. The number of benzene rings is 2. The highest BCUT2D eigenvalue weighted by atomic mass is 16.5. The van der Waals surface area contributed by atoms with Crippen molar-refractivity contribution in [2.24, 2.45) is 4.99 Å². The standard InChI is InChI=1S/C21H29N3O2/c1-4-22-21(23-15-18-7-5-17(2)6-8-18)24-16-19-9-11-20(12-10-19)26-14-13-25-3/h5-12H,4,13-16H2,1-3H3,(H2,22,23,24). The topological polar surface area (TPSA) is 54.9 Å². The summed E-state index contributed by atoms with van der Waals surface area (Å²) in [6.45, 7) is 7.49. The number of ether oxygens (including phenoxy) is 2. The van der Waals surface area contributed by atoms with Crippen molar-refractivity contribution >= 4 is 5.96 Å². The predicted octanol–water partition coefficient (Wildman–Crippen LogP) is 3.28. The van der Waals surface area contributed by atoms with Crippen molar-refractivity contribution < 1.29 is 9.47 Å². The molecule has 0 unspecified atom stereocenters. The quantitative estimate of drug-likeness (QED) is 0.412. The molecule has 2 N–H and O–H groups in total. The van der Waals surface area contributed by atoms with Gasteiger partial charge in [-0.2, -0.15) is 0 Å². The molecule has 26 heavy (non-hydrogen) atoms. The van der Waals surface area contributed by atoms with Gasteiger partial charge in [0.2, 0.25) is 0 Å². The summed E-state index contributed by atoms with van der Waals surface area (Å²) in [7, 11) is 1.67. The number of hydrogen-bond acceptors (Lipinski definition) is 3. The highest BCUT2D eigenvalue weighted by molar-refractivity contribution is 5.79. The zero-order valence-electron chi connectivity index (χ0n) is 15.9. The highest BCUT2D eigenvalue weighted by Crippen LogP contribution is 2.12. The van der Waals surface area contributed by atoms with Crippen LogP contribution >= 0.6 is 0 Å². The fraction of sp³-hybridized carbons (Fsp3) is 0.381. The van der Waals surface area contributed by atoms with Crippen molar-refractivity contribution in [3.05, 3.63) is 65.2 Å². The molecule has 140 valence electrons. The predicted molar refractivity (Wildman–Crippen MR) is 107 cm³/mol. The molecule has 0 saturated carbocycles. The van der Waals surface area contributed by atoms with Crippen LogP contribution in [0.25, 0.3) is 0 Å². The molecule has 0 aliphatic rings. The minimum atomic E-state index is 0.557. The van der Waals surface area contributed by atoms with Crippen LogP contribution in [0.2, 0.25) is 0 Å². The van der Waals surface area contributed by atoms with Gasteiger partial charge in [0.25, 0.3) is 0 Å². The largest absolute Gasteiger partial charge is 0.491 e. The lowest BCUT2D eigenvalue weighted by Gasteiger charge is -2.12. The molecule has 0 aliphatic carbocycles. The maximum absolute atomic E-state index is 5.58. The Morgan fingerprint density at radius 2 is 1.62 bits per heavy atom. The van der Waals surface area contributed by atoms with Gasteiger partial charge in [-0.25, -0.2) is 4.99 Å². The molecule has 0 aromatic heterocycles. The van der Waals surface area contributed by atoms with Gasteiger partial charge in [-0.3, -0.25) is 0 Å². The van der Waals surface area contributed by atoms with Gasteiger partial charge < -0.3 is 20.1 Å². The molecule has 0 heterocycles. The van der Waals surface area contributed by atoms with Crippen molar-refractivity contribution in [2.75, 3.05) is 26.9 Å². The number of guanidine groups is 1. The van der Waals surface area contributed by atoms with Crippen molar-refractivity contribution in [2.45, 2.75) is 26.9 Å². The van der Waals surface area contributed by atoms with Crippen LogP contribution in [0.3, 0.4) is 0 Å². The van der Waals surface area contributed by atoms with E-state index in [0.29, 0.717) is 19.8 Å². The van der Waals surface area contributed by atoms with E-state index in [-0.39, 0.29) is 0 Å². The van der Waals surface area contributed by atoms with Gasteiger partial charge >= 0.3 is 0 Å². The Labute approximate surface area is 156 Å². The SMILES string of the molecule is CCNC(=NCc1ccc(OCCOC)cc1)NCc1ccc(C)cc1.